The Labute approximate surface area is 111 Å². The van der Waals surface area contributed by atoms with Crippen molar-refractivity contribution in [2.24, 2.45) is 17.1 Å². The van der Waals surface area contributed by atoms with Crippen molar-refractivity contribution in [3.63, 3.8) is 0 Å². The maximum Gasteiger partial charge on any atom is 0.223 e. The Hall–Kier alpha value is -0.570. The van der Waals surface area contributed by atoms with Crippen LogP contribution >= 0.6 is 0 Å². The summed E-state index contributed by atoms with van der Waals surface area (Å²) >= 11 is 0. The molecule has 0 aliphatic heterocycles. The van der Waals surface area contributed by atoms with E-state index in [2.05, 4.69) is 19.2 Å². The van der Waals surface area contributed by atoms with Gasteiger partial charge in [0.25, 0.3) is 0 Å². The largest absolute Gasteiger partial charge is 0.353 e. The third-order valence-corrected chi connectivity index (χ3v) is 4.77. The van der Waals surface area contributed by atoms with Crippen LogP contribution < -0.4 is 11.1 Å². The minimum absolute atomic E-state index is 0.170. The van der Waals surface area contributed by atoms with Crippen molar-refractivity contribution in [2.75, 3.05) is 0 Å². The lowest BCUT2D eigenvalue weighted by atomic mass is 9.75. The van der Waals surface area contributed by atoms with Crippen molar-refractivity contribution in [1.29, 1.82) is 0 Å². The van der Waals surface area contributed by atoms with Gasteiger partial charge in [0.1, 0.15) is 0 Å². The van der Waals surface area contributed by atoms with Gasteiger partial charge in [-0.05, 0) is 50.4 Å². The summed E-state index contributed by atoms with van der Waals surface area (Å²) in [7, 11) is 0. The van der Waals surface area contributed by atoms with E-state index in [1.807, 2.05) is 0 Å². The first-order valence-corrected chi connectivity index (χ1v) is 7.52. The van der Waals surface area contributed by atoms with Gasteiger partial charge in [-0.3, -0.25) is 4.79 Å². The van der Waals surface area contributed by atoms with Crippen LogP contribution in [-0.4, -0.2) is 18.0 Å². The van der Waals surface area contributed by atoms with Crippen molar-refractivity contribution >= 4 is 5.91 Å². The van der Waals surface area contributed by atoms with Crippen LogP contribution in [0, 0.1) is 11.3 Å². The molecule has 0 aromatic carbocycles. The van der Waals surface area contributed by atoms with Crippen molar-refractivity contribution in [3.8, 4) is 0 Å². The van der Waals surface area contributed by atoms with E-state index in [1.54, 1.807) is 0 Å². The quantitative estimate of drug-likeness (QED) is 0.793. The fourth-order valence-corrected chi connectivity index (χ4v) is 3.33. The smallest absolute Gasteiger partial charge is 0.223 e. The minimum Gasteiger partial charge on any atom is -0.353 e. The minimum atomic E-state index is 0.170. The van der Waals surface area contributed by atoms with Gasteiger partial charge in [-0.15, -0.1) is 0 Å². The molecule has 3 nitrogen and oxygen atoms in total. The predicted molar refractivity (Wildman–Crippen MR) is 74.1 cm³/mol. The topological polar surface area (TPSA) is 55.1 Å². The SMILES string of the molecule is CC1(C)CCC(NC(=O)C2CCCC(N)C2)CC1. The maximum absolute atomic E-state index is 12.2. The van der Waals surface area contributed by atoms with Gasteiger partial charge in [-0.2, -0.15) is 0 Å². The zero-order valence-electron chi connectivity index (χ0n) is 11.9. The van der Waals surface area contributed by atoms with Gasteiger partial charge < -0.3 is 11.1 Å². The summed E-state index contributed by atoms with van der Waals surface area (Å²) in [6.07, 6.45) is 8.82. The fourth-order valence-electron chi connectivity index (χ4n) is 3.33. The second-order valence-electron chi connectivity index (χ2n) is 7.07. The molecule has 0 spiro atoms. The highest BCUT2D eigenvalue weighted by atomic mass is 16.1. The van der Waals surface area contributed by atoms with Gasteiger partial charge in [0.2, 0.25) is 5.91 Å². The lowest BCUT2D eigenvalue weighted by Crippen LogP contribution is -2.44. The summed E-state index contributed by atoms with van der Waals surface area (Å²) in [5.41, 5.74) is 6.42. The molecule has 2 unspecified atom stereocenters. The predicted octanol–water partition coefficient (Wildman–Crippen LogP) is 2.59. The van der Waals surface area contributed by atoms with E-state index in [1.165, 1.54) is 12.8 Å². The number of hydrogen-bond acceptors (Lipinski definition) is 2. The van der Waals surface area contributed by atoms with Gasteiger partial charge in [-0.1, -0.05) is 20.3 Å². The third-order valence-electron chi connectivity index (χ3n) is 4.77. The van der Waals surface area contributed by atoms with E-state index in [4.69, 9.17) is 5.73 Å². The van der Waals surface area contributed by atoms with Crippen LogP contribution in [-0.2, 0) is 4.79 Å². The lowest BCUT2D eigenvalue weighted by molar-refractivity contribution is -0.127. The van der Waals surface area contributed by atoms with Crippen LogP contribution in [0.5, 0.6) is 0 Å². The van der Waals surface area contributed by atoms with Gasteiger partial charge in [0.15, 0.2) is 0 Å². The zero-order chi connectivity index (χ0) is 13.2. The number of nitrogens with two attached hydrogens (primary N) is 1. The number of hydrogen-bond donors (Lipinski definition) is 2. The summed E-state index contributed by atoms with van der Waals surface area (Å²) in [6, 6.07) is 0.642. The Morgan fingerprint density at radius 2 is 1.83 bits per heavy atom. The Morgan fingerprint density at radius 3 is 2.44 bits per heavy atom. The average molecular weight is 252 g/mol. The molecule has 2 aliphatic carbocycles. The second-order valence-corrected chi connectivity index (χ2v) is 7.07. The first kappa shape index (κ1) is 13.9. The molecule has 2 aliphatic rings. The van der Waals surface area contributed by atoms with Gasteiger partial charge >= 0.3 is 0 Å². The van der Waals surface area contributed by atoms with Crippen molar-refractivity contribution in [1.82, 2.24) is 5.32 Å². The monoisotopic (exact) mass is 252 g/mol. The molecule has 104 valence electrons. The zero-order valence-corrected chi connectivity index (χ0v) is 11.9. The van der Waals surface area contributed by atoms with Crippen LogP contribution in [0.2, 0.25) is 0 Å². The summed E-state index contributed by atoms with van der Waals surface area (Å²) in [5, 5.41) is 3.25. The molecule has 0 bridgehead atoms. The molecule has 3 heteroatoms. The molecule has 0 saturated heterocycles. The summed E-state index contributed by atoms with van der Waals surface area (Å²) in [5.74, 6) is 0.429. The molecule has 2 saturated carbocycles. The Balaban J connectivity index is 1.77. The third kappa shape index (κ3) is 3.71. The van der Waals surface area contributed by atoms with Crippen LogP contribution in [0.1, 0.15) is 65.2 Å². The number of carbonyl (C=O) groups is 1. The van der Waals surface area contributed by atoms with Crippen molar-refractivity contribution < 1.29 is 4.79 Å². The van der Waals surface area contributed by atoms with E-state index in [9.17, 15) is 4.79 Å². The molecular weight excluding hydrogens is 224 g/mol. The number of amides is 1. The van der Waals surface area contributed by atoms with E-state index in [-0.39, 0.29) is 17.9 Å². The lowest BCUT2D eigenvalue weighted by Gasteiger charge is -2.35. The second kappa shape index (κ2) is 5.60. The standard InChI is InChI=1S/C15H28N2O/c1-15(2)8-6-13(7-9-15)17-14(18)11-4-3-5-12(16)10-11/h11-13H,3-10,16H2,1-2H3,(H,17,18). The number of carbonyl (C=O) groups excluding carboxylic acids is 1. The van der Waals surface area contributed by atoms with Crippen molar-refractivity contribution in [2.45, 2.75) is 77.3 Å². The van der Waals surface area contributed by atoms with Crippen LogP contribution in [0.15, 0.2) is 0 Å². The molecule has 1 amide bonds. The Bertz CT molecular complexity index is 291. The average Bonchev–Trinajstić information content (AvgIpc) is 2.32. The van der Waals surface area contributed by atoms with E-state index in [0.29, 0.717) is 11.5 Å². The fraction of sp³-hybridized carbons (Fsp3) is 0.933. The summed E-state index contributed by atoms with van der Waals surface area (Å²) in [4.78, 5) is 12.2. The van der Waals surface area contributed by atoms with Crippen molar-refractivity contribution in [3.05, 3.63) is 0 Å². The van der Waals surface area contributed by atoms with E-state index in [0.717, 1.165) is 38.5 Å². The molecule has 2 fully saturated rings. The Kier molecular flexibility index (Phi) is 4.31. The highest BCUT2D eigenvalue weighted by molar-refractivity contribution is 5.79. The highest BCUT2D eigenvalue weighted by Gasteiger charge is 2.30. The molecule has 3 N–H and O–H groups in total. The molecule has 0 aromatic rings. The Morgan fingerprint density at radius 1 is 1.17 bits per heavy atom. The first-order chi connectivity index (χ1) is 8.46. The summed E-state index contributed by atoms with van der Waals surface area (Å²) in [6.45, 7) is 4.65. The van der Waals surface area contributed by atoms with Gasteiger partial charge in [0, 0.05) is 18.0 Å². The normalized spacial score (nSPS) is 33.1. The molecule has 2 atom stereocenters. The molecule has 2 rings (SSSR count). The van der Waals surface area contributed by atoms with E-state index < -0.39 is 0 Å². The molecule has 0 heterocycles. The van der Waals surface area contributed by atoms with Gasteiger partial charge in [0.05, 0.1) is 0 Å². The molecule has 0 aromatic heterocycles. The van der Waals surface area contributed by atoms with Gasteiger partial charge in [-0.25, -0.2) is 0 Å². The molecule has 18 heavy (non-hydrogen) atoms. The highest BCUT2D eigenvalue weighted by Crippen LogP contribution is 2.35. The van der Waals surface area contributed by atoms with Crippen LogP contribution in [0.3, 0.4) is 0 Å². The van der Waals surface area contributed by atoms with E-state index >= 15 is 0 Å². The molecular formula is C15H28N2O. The number of rotatable bonds is 2. The first-order valence-electron chi connectivity index (χ1n) is 7.52. The maximum atomic E-state index is 12.2. The number of nitrogens with one attached hydrogen (secondary N) is 1. The van der Waals surface area contributed by atoms with Crippen LogP contribution in [0.4, 0.5) is 0 Å². The molecule has 0 radical (unpaired) electrons. The van der Waals surface area contributed by atoms with Crippen LogP contribution in [0.25, 0.3) is 0 Å². The summed E-state index contributed by atoms with van der Waals surface area (Å²) < 4.78 is 0.